The maximum absolute atomic E-state index is 12.4. The highest BCUT2D eigenvalue weighted by Gasteiger charge is 2.37. The minimum absolute atomic E-state index is 0.272. The Bertz CT molecular complexity index is 758. The van der Waals surface area contributed by atoms with Gasteiger partial charge in [-0.3, -0.25) is 9.59 Å². The molecule has 0 radical (unpaired) electrons. The summed E-state index contributed by atoms with van der Waals surface area (Å²) in [6.07, 6.45) is 0. The summed E-state index contributed by atoms with van der Waals surface area (Å²) >= 11 is 6.05. The first-order valence-corrected chi connectivity index (χ1v) is 6.20. The van der Waals surface area contributed by atoms with Crippen LogP contribution >= 0.6 is 11.6 Å². The molecule has 1 aliphatic rings. The lowest BCUT2D eigenvalue weighted by atomic mass is 10.1. The number of hydrogen-bond donors (Lipinski definition) is 2. The topological polar surface area (TPSA) is 89.4 Å². The summed E-state index contributed by atoms with van der Waals surface area (Å²) in [5.41, 5.74) is 13.0. The Hall–Kier alpha value is -2.53. The molecule has 2 amide bonds. The van der Waals surface area contributed by atoms with E-state index in [1.165, 1.54) is 18.2 Å². The fourth-order valence-corrected chi connectivity index (χ4v) is 2.38. The number of halogens is 1. The Morgan fingerprint density at radius 2 is 1.45 bits per heavy atom. The summed E-state index contributed by atoms with van der Waals surface area (Å²) < 4.78 is 0. The first-order valence-electron chi connectivity index (χ1n) is 5.82. The fourth-order valence-electron chi connectivity index (χ4n) is 2.18. The molecule has 0 saturated heterocycles. The van der Waals surface area contributed by atoms with E-state index in [0.29, 0.717) is 16.9 Å². The molecule has 100 valence electrons. The molecule has 0 atom stereocenters. The summed E-state index contributed by atoms with van der Waals surface area (Å²) in [6.45, 7) is 0. The standard InChI is InChI=1S/C14H10ClN3O2/c15-11-4-2-8(17)6-12(11)18-13(19)9-3-1-7(16)5-10(9)14(18)20/h1-6H,16-17H2. The second kappa shape index (κ2) is 4.25. The van der Waals surface area contributed by atoms with Crippen molar-refractivity contribution < 1.29 is 9.59 Å². The lowest BCUT2D eigenvalue weighted by Crippen LogP contribution is -2.29. The number of fused-ring (bicyclic) bond motifs is 1. The van der Waals surface area contributed by atoms with Crippen LogP contribution in [0.4, 0.5) is 17.1 Å². The molecular formula is C14H10ClN3O2. The Labute approximate surface area is 119 Å². The molecule has 0 spiro atoms. The minimum atomic E-state index is -0.454. The predicted octanol–water partition coefficient (Wildman–Crippen LogP) is 2.31. The number of amides is 2. The third-order valence-corrected chi connectivity index (χ3v) is 3.44. The molecule has 0 saturated carbocycles. The summed E-state index contributed by atoms with van der Waals surface area (Å²) in [4.78, 5) is 25.7. The molecule has 0 unspecified atom stereocenters. The summed E-state index contributed by atoms with van der Waals surface area (Å²) in [7, 11) is 0. The number of hydrogen-bond acceptors (Lipinski definition) is 4. The van der Waals surface area contributed by atoms with E-state index in [9.17, 15) is 9.59 Å². The Kier molecular flexibility index (Phi) is 2.65. The molecule has 1 aliphatic heterocycles. The van der Waals surface area contributed by atoms with Crippen molar-refractivity contribution in [3.8, 4) is 0 Å². The van der Waals surface area contributed by atoms with Crippen molar-refractivity contribution in [1.82, 2.24) is 0 Å². The van der Waals surface area contributed by atoms with E-state index in [4.69, 9.17) is 23.1 Å². The molecule has 0 bridgehead atoms. The van der Waals surface area contributed by atoms with E-state index in [1.54, 1.807) is 18.2 Å². The van der Waals surface area contributed by atoms with Gasteiger partial charge in [-0.15, -0.1) is 0 Å². The van der Waals surface area contributed by atoms with Crippen LogP contribution in [0, 0.1) is 0 Å². The van der Waals surface area contributed by atoms with Gasteiger partial charge in [0.05, 0.1) is 21.8 Å². The second-order valence-corrected chi connectivity index (χ2v) is 4.87. The highest BCUT2D eigenvalue weighted by molar-refractivity contribution is 6.40. The molecule has 0 aromatic heterocycles. The van der Waals surface area contributed by atoms with E-state index in [1.807, 2.05) is 0 Å². The second-order valence-electron chi connectivity index (χ2n) is 4.46. The van der Waals surface area contributed by atoms with Crippen LogP contribution in [0.5, 0.6) is 0 Å². The number of nitrogens with two attached hydrogens (primary N) is 2. The predicted molar refractivity (Wildman–Crippen MR) is 77.9 cm³/mol. The molecule has 0 fully saturated rings. The highest BCUT2D eigenvalue weighted by Crippen LogP contribution is 2.35. The van der Waals surface area contributed by atoms with Crippen LogP contribution < -0.4 is 16.4 Å². The first-order chi connectivity index (χ1) is 9.49. The fraction of sp³-hybridized carbons (Fsp3) is 0. The average molecular weight is 288 g/mol. The third kappa shape index (κ3) is 1.71. The van der Waals surface area contributed by atoms with Gasteiger partial charge in [0.1, 0.15) is 0 Å². The molecule has 0 aliphatic carbocycles. The number of imide groups is 1. The lowest BCUT2D eigenvalue weighted by Gasteiger charge is -2.15. The van der Waals surface area contributed by atoms with Crippen molar-refractivity contribution in [3.05, 3.63) is 52.5 Å². The number of benzene rings is 2. The van der Waals surface area contributed by atoms with Crippen LogP contribution in [0.15, 0.2) is 36.4 Å². The maximum Gasteiger partial charge on any atom is 0.266 e. The van der Waals surface area contributed by atoms with Crippen LogP contribution in [0.25, 0.3) is 0 Å². The zero-order valence-corrected chi connectivity index (χ0v) is 11.0. The Morgan fingerprint density at radius 3 is 2.20 bits per heavy atom. The van der Waals surface area contributed by atoms with Gasteiger partial charge in [-0.25, -0.2) is 4.90 Å². The number of nitrogens with zero attached hydrogens (tertiary/aromatic N) is 1. The van der Waals surface area contributed by atoms with Crippen LogP contribution in [0.3, 0.4) is 0 Å². The van der Waals surface area contributed by atoms with E-state index >= 15 is 0 Å². The van der Waals surface area contributed by atoms with Gasteiger partial charge in [0.15, 0.2) is 0 Å². The summed E-state index contributed by atoms with van der Waals surface area (Å²) in [5.74, 6) is -0.887. The number of carbonyl (C=O) groups excluding carboxylic acids is 2. The average Bonchev–Trinajstić information content (AvgIpc) is 2.65. The van der Waals surface area contributed by atoms with Gasteiger partial charge >= 0.3 is 0 Å². The lowest BCUT2D eigenvalue weighted by molar-refractivity contribution is 0.0926. The van der Waals surface area contributed by atoms with Crippen LogP contribution in [0.1, 0.15) is 20.7 Å². The quantitative estimate of drug-likeness (QED) is 0.622. The van der Waals surface area contributed by atoms with Gasteiger partial charge in [-0.1, -0.05) is 11.6 Å². The van der Waals surface area contributed by atoms with E-state index in [0.717, 1.165) is 4.90 Å². The SMILES string of the molecule is Nc1ccc2c(c1)C(=O)N(c1cc(N)ccc1Cl)C2=O. The number of carbonyl (C=O) groups is 2. The van der Waals surface area contributed by atoms with Crippen molar-refractivity contribution >= 4 is 40.5 Å². The van der Waals surface area contributed by atoms with Crippen molar-refractivity contribution in [2.24, 2.45) is 0 Å². The first kappa shape index (κ1) is 12.5. The molecular weight excluding hydrogens is 278 g/mol. The van der Waals surface area contributed by atoms with Gasteiger partial charge < -0.3 is 11.5 Å². The van der Waals surface area contributed by atoms with Crippen LogP contribution in [-0.2, 0) is 0 Å². The van der Waals surface area contributed by atoms with Gasteiger partial charge in [-0.2, -0.15) is 0 Å². The Morgan fingerprint density at radius 1 is 0.850 bits per heavy atom. The number of anilines is 3. The normalized spacial score (nSPS) is 13.8. The molecule has 5 nitrogen and oxygen atoms in total. The van der Waals surface area contributed by atoms with Gasteiger partial charge in [-0.05, 0) is 36.4 Å². The molecule has 6 heteroatoms. The van der Waals surface area contributed by atoms with Crippen LogP contribution in [-0.4, -0.2) is 11.8 Å². The molecule has 2 aromatic carbocycles. The number of nitrogen functional groups attached to an aromatic ring is 2. The smallest absolute Gasteiger partial charge is 0.266 e. The van der Waals surface area contributed by atoms with Gasteiger partial charge in [0.2, 0.25) is 0 Å². The minimum Gasteiger partial charge on any atom is -0.399 e. The molecule has 3 rings (SSSR count). The van der Waals surface area contributed by atoms with Crippen molar-refractivity contribution in [2.75, 3.05) is 16.4 Å². The third-order valence-electron chi connectivity index (χ3n) is 3.12. The van der Waals surface area contributed by atoms with Gasteiger partial charge in [0.25, 0.3) is 11.8 Å². The van der Waals surface area contributed by atoms with Crippen LogP contribution in [0.2, 0.25) is 5.02 Å². The van der Waals surface area contributed by atoms with Crippen molar-refractivity contribution in [3.63, 3.8) is 0 Å². The molecule has 1 heterocycles. The molecule has 2 aromatic rings. The van der Waals surface area contributed by atoms with Crippen molar-refractivity contribution in [2.45, 2.75) is 0 Å². The monoisotopic (exact) mass is 287 g/mol. The maximum atomic E-state index is 12.4. The van der Waals surface area contributed by atoms with E-state index in [2.05, 4.69) is 0 Å². The van der Waals surface area contributed by atoms with Crippen molar-refractivity contribution in [1.29, 1.82) is 0 Å². The zero-order chi connectivity index (χ0) is 14.4. The molecule has 20 heavy (non-hydrogen) atoms. The summed E-state index contributed by atoms with van der Waals surface area (Å²) in [6, 6.07) is 9.23. The molecule has 4 N–H and O–H groups in total. The van der Waals surface area contributed by atoms with Gasteiger partial charge in [0, 0.05) is 11.4 Å². The largest absolute Gasteiger partial charge is 0.399 e. The number of rotatable bonds is 1. The summed E-state index contributed by atoms with van der Waals surface area (Å²) in [5, 5.41) is 0.279. The van der Waals surface area contributed by atoms with E-state index < -0.39 is 11.8 Å². The zero-order valence-electron chi connectivity index (χ0n) is 10.3. The highest BCUT2D eigenvalue weighted by atomic mass is 35.5. The van der Waals surface area contributed by atoms with E-state index in [-0.39, 0.29) is 16.3 Å². The Balaban J connectivity index is 2.16.